The molecule has 1 fully saturated rings. The van der Waals surface area contributed by atoms with Gasteiger partial charge in [-0.15, -0.1) is 0 Å². The van der Waals surface area contributed by atoms with Crippen LogP contribution in [-0.2, 0) is 0 Å². The van der Waals surface area contributed by atoms with Crippen molar-refractivity contribution in [2.75, 3.05) is 13.1 Å². The molecule has 0 saturated carbocycles. The molecule has 0 bridgehead atoms. The standard InChI is InChI=1S/C8H19IN2Si/c1-3-5-7-11-8(9)10(12-11)6-4-2/h8H,3-7,12H2,1-2H3. The topological polar surface area (TPSA) is 6.48 Å². The van der Waals surface area contributed by atoms with Crippen molar-refractivity contribution in [3.63, 3.8) is 0 Å². The number of nitrogens with zero attached hydrogens (tertiary/aromatic N) is 2. The molecule has 12 heavy (non-hydrogen) atoms. The van der Waals surface area contributed by atoms with Crippen LogP contribution in [-0.4, -0.2) is 36.2 Å². The number of hydrogen-bond donors (Lipinski definition) is 0. The number of alkyl halides is 1. The van der Waals surface area contributed by atoms with Crippen molar-refractivity contribution in [2.45, 2.75) is 37.3 Å². The molecule has 1 heterocycles. The minimum Gasteiger partial charge on any atom is -0.293 e. The minimum atomic E-state index is 0.0133. The third-order valence-electron chi connectivity index (χ3n) is 2.28. The van der Waals surface area contributed by atoms with E-state index in [9.17, 15) is 0 Å². The van der Waals surface area contributed by atoms with Crippen molar-refractivity contribution in [1.29, 1.82) is 0 Å². The van der Waals surface area contributed by atoms with E-state index in [1.165, 1.54) is 32.4 Å². The first-order valence-electron chi connectivity index (χ1n) is 4.91. The van der Waals surface area contributed by atoms with Gasteiger partial charge in [-0.25, -0.2) is 0 Å². The van der Waals surface area contributed by atoms with Gasteiger partial charge in [-0.05, 0) is 48.5 Å². The Hall–Kier alpha value is 0.867. The second-order valence-corrected chi connectivity index (χ2v) is 6.45. The molecule has 4 heteroatoms. The maximum absolute atomic E-state index is 2.68. The monoisotopic (exact) mass is 298 g/mol. The van der Waals surface area contributed by atoms with Gasteiger partial charge in [0.25, 0.3) is 0 Å². The summed E-state index contributed by atoms with van der Waals surface area (Å²) in [5.74, 6) is 0. The molecule has 72 valence electrons. The molecular formula is C8H19IN2Si. The first kappa shape index (κ1) is 10.9. The van der Waals surface area contributed by atoms with Gasteiger partial charge in [-0.1, -0.05) is 20.3 Å². The van der Waals surface area contributed by atoms with E-state index >= 15 is 0 Å². The second kappa shape index (κ2) is 5.57. The molecule has 0 aliphatic carbocycles. The smallest absolute Gasteiger partial charge is 0.176 e. The average molecular weight is 298 g/mol. The van der Waals surface area contributed by atoms with Gasteiger partial charge >= 0.3 is 0 Å². The number of hydrogen-bond acceptors (Lipinski definition) is 2. The fraction of sp³-hybridized carbons (Fsp3) is 1.00. The van der Waals surface area contributed by atoms with Crippen LogP contribution < -0.4 is 0 Å². The van der Waals surface area contributed by atoms with Crippen LogP contribution in [0, 0.1) is 0 Å². The quantitative estimate of drug-likeness (QED) is 0.329. The molecule has 0 N–H and O–H groups in total. The summed E-state index contributed by atoms with van der Waals surface area (Å²) in [5.41, 5.74) is 0. The van der Waals surface area contributed by atoms with Gasteiger partial charge < -0.3 is 0 Å². The first-order chi connectivity index (χ1) is 5.79. The van der Waals surface area contributed by atoms with Crippen molar-refractivity contribution >= 4 is 32.4 Å². The molecule has 1 atom stereocenters. The Kier molecular flexibility index (Phi) is 5.08. The molecule has 0 aromatic rings. The highest BCUT2D eigenvalue weighted by Gasteiger charge is 2.32. The van der Waals surface area contributed by atoms with Gasteiger partial charge in [0.15, 0.2) is 9.84 Å². The molecule has 1 rings (SSSR count). The normalized spacial score (nSPS) is 27.8. The fourth-order valence-electron chi connectivity index (χ4n) is 1.51. The predicted octanol–water partition coefficient (Wildman–Crippen LogP) is 1.53. The molecule has 1 saturated heterocycles. The van der Waals surface area contributed by atoms with E-state index < -0.39 is 0 Å². The minimum absolute atomic E-state index is 0.0133. The molecule has 1 unspecified atom stereocenters. The van der Waals surface area contributed by atoms with E-state index in [0.29, 0.717) is 0 Å². The van der Waals surface area contributed by atoms with Crippen molar-refractivity contribution < 1.29 is 0 Å². The van der Waals surface area contributed by atoms with Gasteiger partial charge in [0.2, 0.25) is 0 Å². The third-order valence-corrected chi connectivity index (χ3v) is 7.39. The van der Waals surface area contributed by atoms with E-state index in [4.69, 9.17) is 0 Å². The zero-order valence-electron chi connectivity index (χ0n) is 8.09. The largest absolute Gasteiger partial charge is 0.293 e. The van der Waals surface area contributed by atoms with Crippen LogP contribution in [0.2, 0.25) is 0 Å². The number of halogens is 1. The fourth-order valence-corrected chi connectivity index (χ4v) is 4.83. The molecule has 0 aromatic heterocycles. The van der Waals surface area contributed by atoms with Gasteiger partial charge in [0.05, 0.1) is 0 Å². The zero-order chi connectivity index (χ0) is 8.97. The first-order valence-corrected chi connectivity index (χ1v) is 7.42. The lowest BCUT2D eigenvalue weighted by atomic mass is 10.3. The Morgan fingerprint density at radius 1 is 1.17 bits per heavy atom. The van der Waals surface area contributed by atoms with Crippen molar-refractivity contribution in [1.82, 2.24) is 9.13 Å². The Bertz CT molecular complexity index is 134. The number of unbranched alkanes of at least 4 members (excludes halogenated alkanes) is 1. The van der Waals surface area contributed by atoms with Crippen LogP contribution in [0.1, 0.15) is 33.1 Å². The molecule has 1 aliphatic heterocycles. The predicted molar refractivity (Wildman–Crippen MR) is 65.0 cm³/mol. The molecule has 1 aliphatic rings. The Balaban J connectivity index is 2.10. The lowest BCUT2D eigenvalue weighted by Gasteiger charge is -2.48. The van der Waals surface area contributed by atoms with Crippen LogP contribution in [0.15, 0.2) is 0 Å². The van der Waals surface area contributed by atoms with E-state index in [0.717, 1.165) is 4.17 Å². The van der Waals surface area contributed by atoms with Crippen LogP contribution in [0.3, 0.4) is 0 Å². The van der Waals surface area contributed by atoms with E-state index in [2.05, 4.69) is 45.6 Å². The van der Waals surface area contributed by atoms with E-state index in [-0.39, 0.29) is 9.84 Å². The summed E-state index contributed by atoms with van der Waals surface area (Å²) >= 11 is 2.57. The van der Waals surface area contributed by atoms with Gasteiger partial charge in [-0.3, -0.25) is 9.13 Å². The summed E-state index contributed by atoms with van der Waals surface area (Å²) < 4.78 is 6.08. The summed E-state index contributed by atoms with van der Waals surface area (Å²) in [4.78, 5) is 0. The molecule has 0 aromatic carbocycles. The lowest BCUT2D eigenvalue weighted by Crippen LogP contribution is -2.63. The molecule has 0 spiro atoms. The summed E-state index contributed by atoms with van der Waals surface area (Å²) in [7, 11) is 0.0133. The van der Waals surface area contributed by atoms with Crippen LogP contribution in [0.25, 0.3) is 0 Å². The Morgan fingerprint density at radius 2 is 1.83 bits per heavy atom. The molecule has 2 nitrogen and oxygen atoms in total. The SMILES string of the molecule is CCCCN1[SiH2]N(CCC)C1I. The Morgan fingerprint density at radius 3 is 2.33 bits per heavy atom. The number of rotatable bonds is 5. The summed E-state index contributed by atoms with van der Waals surface area (Å²) in [6.45, 7) is 7.21. The summed E-state index contributed by atoms with van der Waals surface area (Å²) in [6, 6.07) is 0. The zero-order valence-corrected chi connectivity index (χ0v) is 11.7. The maximum Gasteiger partial charge on any atom is 0.176 e. The highest BCUT2D eigenvalue weighted by Crippen LogP contribution is 2.22. The van der Waals surface area contributed by atoms with Crippen LogP contribution in [0.5, 0.6) is 0 Å². The van der Waals surface area contributed by atoms with Gasteiger partial charge in [-0.2, -0.15) is 0 Å². The Labute approximate surface area is 91.8 Å². The van der Waals surface area contributed by atoms with E-state index in [1.807, 2.05) is 0 Å². The molecule has 0 radical (unpaired) electrons. The van der Waals surface area contributed by atoms with Crippen LogP contribution in [0.4, 0.5) is 0 Å². The highest BCUT2D eigenvalue weighted by atomic mass is 127. The van der Waals surface area contributed by atoms with Crippen LogP contribution >= 0.6 is 22.6 Å². The van der Waals surface area contributed by atoms with Crippen molar-refractivity contribution in [3.8, 4) is 0 Å². The van der Waals surface area contributed by atoms with Crippen molar-refractivity contribution in [3.05, 3.63) is 0 Å². The van der Waals surface area contributed by atoms with Gasteiger partial charge in [0, 0.05) is 0 Å². The van der Waals surface area contributed by atoms with Gasteiger partial charge in [0.1, 0.15) is 4.17 Å². The third kappa shape index (κ3) is 2.68. The molecular weight excluding hydrogens is 279 g/mol. The molecule has 0 amide bonds. The highest BCUT2D eigenvalue weighted by molar-refractivity contribution is 14.1. The van der Waals surface area contributed by atoms with E-state index in [1.54, 1.807) is 0 Å². The lowest BCUT2D eigenvalue weighted by molar-refractivity contribution is 0.182. The second-order valence-electron chi connectivity index (χ2n) is 3.43. The average Bonchev–Trinajstić information content (AvgIpc) is 2.09. The van der Waals surface area contributed by atoms with Crippen molar-refractivity contribution in [2.24, 2.45) is 0 Å². The summed E-state index contributed by atoms with van der Waals surface area (Å²) in [5, 5.41) is 0. The summed E-state index contributed by atoms with van der Waals surface area (Å²) in [6.07, 6.45) is 4.03. The maximum atomic E-state index is 2.68.